The number of carbonyl (C=O) groups excluding carboxylic acids is 2. The first-order valence-corrected chi connectivity index (χ1v) is 6.38. The van der Waals surface area contributed by atoms with E-state index in [1.807, 2.05) is 35.2 Å². The Bertz CT molecular complexity index is 489. The number of rotatable bonds is 4. The number of likely N-dealkylation sites (tertiary alicyclic amines) is 1. The van der Waals surface area contributed by atoms with Gasteiger partial charge in [-0.05, 0) is 25.3 Å². The fourth-order valence-electron chi connectivity index (χ4n) is 2.80. The second-order valence-electron chi connectivity index (χ2n) is 5.15. The maximum atomic E-state index is 11.8. The van der Waals surface area contributed by atoms with Crippen molar-refractivity contribution in [3.05, 3.63) is 35.9 Å². The van der Waals surface area contributed by atoms with Gasteiger partial charge in [-0.3, -0.25) is 14.5 Å². The van der Waals surface area contributed by atoms with Crippen LogP contribution >= 0.6 is 0 Å². The highest BCUT2D eigenvalue weighted by molar-refractivity contribution is 5.87. The Labute approximate surface area is 112 Å². The summed E-state index contributed by atoms with van der Waals surface area (Å²) in [6, 6.07) is 8.65. The van der Waals surface area contributed by atoms with Crippen molar-refractivity contribution in [1.82, 2.24) is 4.90 Å². The molecule has 2 atom stereocenters. The number of carbonyl (C=O) groups is 2. The average molecular weight is 261 g/mol. The summed E-state index contributed by atoms with van der Waals surface area (Å²) >= 11 is 0. The fourth-order valence-corrected chi connectivity index (χ4v) is 2.80. The first kappa shape index (κ1) is 13.5. The Morgan fingerprint density at radius 3 is 2.42 bits per heavy atom. The molecule has 1 aliphatic rings. The summed E-state index contributed by atoms with van der Waals surface area (Å²) in [5.74, 6) is -0.868. The van der Waals surface area contributed by atoms with Gasteiger partial charge in [0.05, 0.1) is 5.54 Å². The van der Waals surface area contributed by atoms with E-state index in [-0.39, 0.29) is 0 Å². The van der Waals surface area contributed by atoms with Crippen molar-refractivity contribution in [2.75, 3.05) is 6.54 Å². The Balaban J connectivity index is 2.41. The van der Waals surface area contributed by atoms with Crippen LogP contribution in [-0.2, 0) is 9.59 Å². The molecule has 1 fully saturated rings. The van der Waals surface area contributed by atoms with Crippen LogP contribution in [0, 0.1) is 0 Å². The van der Waals surface area contributed by atoms with E-state index >= 15 is 0 Å². The van der Waals surface area contributed by atoms with Crippen LogP contribution in [0.15, 0.2) is 30.3 Å². The number of amides is 2. The van der Waals surface area contributed by atoms with Gasteiger partial charge in [0.15, 0.2) is 0 Å². The minimum absolute atomic E-state index is 0.410. The molecule has 0 bridgehead atoms. The van der Waals surface area contributed by atoms with Crippen molar-refractivity contribution in [1.29, 1.82) is 0 Å². The zero-order valence-corrected chi connectivity index (χ0v) is 11.0. The number of hydrogen-bond acceptors (Lipinski definition) is 3. The van der Waals surface area contributed by atoms with Crippen molar-refractivity contribution in [3.8, 4) is 0 Å². The van der Waals surface area contributed by atoms with Crippen LogP contribution in [-0.4, -0.2) is 28.8 Å². The molecule has 0 aromatic heterocycles. The fraction of sp³-hybridized carbons (Fsp3) is 0.429. The summed E-state index contributed by atoms with van der Waals surface area (Å²) < 4.78 is 0. The molecule has 1 heterocycles. The molecule has 4 N–H and O–H groups in total. The van der Waals surface area contributed by atoms with Crippen LogP contribution < -0.4 is 11.5 Å². The van der Waals surface area contributed by atoms with Gasteiger partial charge >= 0.3 is 0 Å². The van der Waals surface area contributed by atoms with Crippen molar-refractivity contribution < 1.29 is 9.59 Å². The lowest BCUT2D eigenvalue weighted by molar-refractivity contribution is -0.133. The molecule has 1 aliphatic heterocycles. The van der Waals surface area contributed by atoms with Crippen molar-refractivity contribution in [2.45, 2.75) is 31.3 Å². The minimum atomic E-state index is -0.810. The van der Waals surface area contributed by atoms with Crippen molar-refractivity contribution >= 4 is 11.8 Å². The minimum Gasteiger partial charge on any atom is -0.368 e. The quantitative estimate of drug-likeness (QED) is 0.829. The van der Waals surface area contributed by atoms with Crippen molar-refractivity contribution in [2.24, 2.45) is 11.5 Å². The molecule has 0 radical (unpaired) electrons. The number of hydrogen-bond donors (Lipinski definition) is 2. The molecule has 1 aromatic carbocycles. The number of nitrogens with zero attached hydrogens (tertiary/aromatic N) is 1. The summed E-state index contributed by atoms with van der Waals surface area (Å²) in [5, 5.41) is 0. The second kappa shape index (κ2) is 5.01. The summed E-state index contributed by atoms with van der Waals surface area (Å²) in [6.45, 7) is 2.42. The van der Waals surface area contributed by atoms with Crippen LogP contribution in [0.5, 0.6) is 0 Å². The SMILES string of the molecule is CC1(C(N)=O)CCCN1C(C(N)=O)c1ccccc1. The standard InChI is InChI=1S/C14H19N3O2/c1-14(13(16)19)8-5-9-17(14)11(12(15)18)10-6-3-2-4-7-10/h2-4,6-7,11H,5,8-9H2,1H3,(H2,15,18)(H2,16,19). The average Bonchev–Trinajstić information content (AvgIpc) is 2.74. The summed E-state index contributed by atoms with van der Waals surface area (Å²) in [4.78, 5) is 25.4. The Morgan fingerprint density at radius 2 is 1.89 bits per heavy atom. The molecule has 5 nitrogen and oxygen atoms in total. The largest absolute Gasteiger partial charge is 0.368 e. The third-order valence-corrected chi connectivity index (χ3v) is 3.92. The van der Waals surface area contributed by atoms with E-state index in [4.69, 9.17) is 11.5 Å². The maximum absolute atomic E-state index is 11.8. The monoisotopic (exact) mass is 261 g/mol. The first-order chi connectivity index (χ1) is 8.97. The normalized spacial score (nSPS) is 25.1. The van der Waals surface area contributed by atoms with Crippen LogP contribution in [0.1, 0.15) is 31.4 Å². The molecule has 2 rings (SSSR count). The lowest BCUT2D eigenvalue weighted by Gasteiger charge is -2.37. The lowest BCUT2D eigenvalue weighted by atomic mass is 9.94. The molecule has 19 heavy (non-hydrogen) atoms. The summed E-state index contributed by atoms with van der Waals surface area (Å²) in [6.07, 6.45) is 1.48. The summed E-state index contributed by atoms with van der Waals surface area (Å²) in [7, 11) is 0. The van der Waals surface area contributed by atoms with Gasteiger partial charge in [0, 0.05) is 6.54 Å². The van der Waals surface area contributed by atoms with E-state index in [1.165, 1.54) is 0 Å². The Kier molecular flexibility index (Phi) is 3.57. The zero-order chi connectivity index (χ0) is 14.0. The van der Waals surface area contributed by atoms with Gasteiger partial charge in [0.25, 0.3) is 0 Å². The van der Waals surface area contributed by atoms with Crippen LogP contribution in [0.2, 0.25) is 0 Å². The van der Waals surface area contributed by atoms with Crippen LogP contribution in [0.4, 0.5) is 0 Å². The predicted molar refractivity (Wildman–Crippen MR) is 71.9 cm³/mol. The van der Waals surface area contributed by atoms with Gasteiger partial charge in [0.1, 0.15) is 6.04 Å². The van der Waals surface area contributed by atoms with Crippen molar-refractivity contribution in [3.63, 3.8) is 0 Å². The maximum Gasteiger partial charge on any atom is 0.239 e. The lowest BCUT2D eigenvalue weighted by Crippen LogP contribution is -2.55. The number of benzene rings is 1. The zero-order valence-electron chi connectivity index (χ0n) is 11.0. The molecular formula is C14H19N3O2. The van der Waals surface area contributed by atoms with E-state index in [0.717, 1.165) is 12.0 Å². The van der Waals surface area contributed by atoms with E-state index in [2.05, 4.69) is 0 Å². The molecule has 2 amide bonds. The molecule has 0 saturated carbocycles. The molecular weight excluding hydrogens is 242 g/mol. The van der Waals surface area contributed by atoms with Gasteiger partial charge in [-0.1, -0.05) is 30.3 Å². The third-order valence-electron chi connectivity index (χ3n) is 3.92. The number of primary amides is 2. The van der Waals surface area contributed by atoms with Crippen LogP contribution in [0.3, 0.4) is 0 Å². The van der Waals surface area contributed by atoms with E-state index in [1.54, 1.807) is 6.92 Å². The summed E-state index contributed by atoms with van der Waals surface area (Å²) in [5.41, 5.74) is 11.0. The van der Waals surface area contributed by atoms with E-state index in [9.17, 15) is 9.59 Å². The first-order valence-electron chi connectivity index (χ1n) is 6.38. The molecule has 0 aliphatic carbocycles. The van der Waals surface area contributed by atoms with Gasteiger partial charge in [-0.2, -0.15) is 0 Å². The highest BCUT2D eigenvalue weighted by Gasteiger charge is 2.46. The van der Waals surface area contributed by atoms with Gasteiger partial charge in [-0.25, -0.2) is 0 Å². The topological polar surface area (TPSA) is 89.4 Å². The Morgan fingerprint density at radius 1 is 1.26 bits per heavy atom. The van der Waals surface area contributed by atoms with E-state index < -0.39 is 23.4 Å². The second-order valence-corrected chi connectivity index (χ2v) is 5.15. The predicted octanol–water partition coefficient (Wildman–Crippen LogP) is 0.553. The molecule has 102 valence electrons. The Hall–Kier alpha value is -1.88. The van der Waals surface area contributed by atoms with Crippen LogP contribution in [0.25, 0.3) is 0 Å². The van der Waals surface area contributed by atoms with Gasteiger partial charge in [-0.15, -0.1) is 0 Å². The molecule has 1 aromatic rings. The highest BCUT2D eigenvalue weighted by Crippen LogP contribution is 2.36. The molecule has 1 saturated heterocycles. The van der Waals surface area contributed by atoms with Gasteiger partial charge < -0.3 is 11.5 Å². The highest BCUT2D eigenvalue weighted by atomic mass is 16.2. The number of nitrogens with two attached hydrogens (primary N) is 2. The smallest absolute Gasteiger partial charge is 0.239 e. The third kappa shape index (κ3) is 2.33. The van der Waals surface area contributed by atoms with Gasteiger partial charge in [0.2, 0.25) is 11.8 Å². The van der Waals surface area contributed by atoms with E-state index in [0.29, 0.717) is 13.0 Å². The molecule has 0 spiro atoms. The molecule has 5 heteroatoms. The molecule has 2 unspecified atom stereocenters.